The van der Waals surface area contributed by atoms with Crippen LogP contribution in [0.3, 0.4) is 0 Å². The first-order valence-electron chi connectivity index (χ1n) is 5.86. The van der Waals surface area contributed by atoms with E-state index in [9.17, 15) is 9.59 Å². The van der Waals surface area contributed by atoms with Crippen LogP contribution in [0.15, 0.2) is 12.1 Å². The fourth-order valence-electron chi connectivity index (χ4n) is 2.18. The van der Waals surface area contributed by atoms with E-state index < -0.39 is 11.4 Å². The summed E-state index contributed by atoms with van der Waals surface area (Å²) >= 11 is 0. The molecule has 96 valence electrons. The van der Waals surface area contributed by atoms with E-state index in [2.05, 4.69) is 0 Å². The van der Waals surface area contributed by atoms with E-state index in [0.29, 0.717) is 24.2 Å². The van der Waals surface area contributed by atoms with Gasteiger partial charge in [-0.05, 0) is 49.9 Å². The van der Waals surface area contributed by atoms with Crippen LogP contribution in [0.1, 0.15) is 34.3 Å². The molecule has 0 bridgehead atoms. The van der Waals surface area contributed by atoms with Gasteiger partial charge in [-0.15, -0.1) is 0 Å². The van der Waals surface area contributed by atoms with Crippen LogP contribution in [0.5, 0.6) is 5.75 Å². The lowest BCUT2D eigenvalue weighted by atomic mass is 9.91. The number of methoxy groups -OCH3 is 1. The molecule has 0 aliphatic heterocycles. The highest BCUT2D eigenvalue weighted by molar-refractivity contribution is 6.15. The van der Waals surface area contributed by atoms with Gasteiger partial charge in [-0.2, -0.15) is 0 Å². The summed E-state index contributed by atoms with van der Waals surface area (Å²) in [5.41, 5.74) is 0.919. The molecule has 18 heavy (non-hydrogen) atoms. The quantitative estimate of drug-likeness (QED) is 0.656. The lowest BCUT2D eigenvalue weighted by Gasteiger charge is -2.14. The average molecular weight is 248 g/mol. The number of carbonyl (C=O) groups is 2. The molecule has 0 amide bonds. The molecule has 0 heterocycles. The van der Waals surface area contributed by atoms with Gasteiger partial charge >= 0.3 is 5.97 Å². The maximum absolute atomic E-state index is 12.3. The fourth-order valence-corrected chi connectivity index (χ4v) is 2.18. The Bertz CT molecular complexity index is 527. The molecule has 2 rings (SSSR count). The molecule has 1 N–H and O–H groups in total. The third kappa shape index (κ3) is 1.78. The summed E-state index contributed by atoms with van der Waals surface area (Å²) in [7, 11) is 1.57. The lowest BCUT2D eigenvalue weighted by molar-refractivity contribution is -0.141. The largest absolute Gasteiger partial charge is 0.496 e. The Morgan fingerprint density at radius 2 is 1.83 bits per heavy atom. The van der Waals surface area contributed by atoms with Crippen LogP contribution < -0.4 is 4.74 Å². The standard InChI is InChI=1S/C14H16O4/c1-8-7-11(18-3)9(2)6-10(8)12(15)14(4-5-14)13(16)17/h6-7H,4-5H2,1-3H3,(H,16,17). The number of carboxylic acid groups (broad SMARTS) is 1. The predicted molar refractivity (Wildman–Crippen MR) is 66.1 cm³/mol. The summed E-state index contributed by atoms with van der Waals surface area (Å²) in [5, 5.41) is 9.15. The van der Waals surface area contributed by atoms with E-state index in [1.54, 1.807) is 26.2 Å². The molecule has 0 aromatic heterocycles. The van der Waals surface area contributed by atoms with Crippen molar-refractivity contribution in [3.63, 3.8) is 0 Å². The molecule has 1 aliphatic carbocycles. The van der Waals surface area contributed by atoms with Gasteiger partial charge in [-0.3, -0.25) is 9.59 Å². The Hall–Kier alpha value is -1.84. The van der Waals surface area contributed by atoms with Crippen molar-refractivity contribution in [1.29, 1.82) is 0 Å². The molecule has 1 fully saturated rings. The van der Waals surface area contributed by atoms with E-state index in [1.165, 1.54) is 0 Å². The second kappa shape index (κ2) is 4.12. The van der Waals surface area contributed by atoms with E-state index in [1.807, 2.05) is 6.92 Å². The summed E-state index contributed by atoms with van der Waals surface area (Å²) in [5.74, 6) is -0.581. The molecular weight excluding hydrogens is 232 g/mol. The van der Waals surface area contributed by atoms with Crippen molar-refractivity contribution in [3.05, 3.63) is 28.8 Å². The minimum atomic E-state index is -1.17. The number of ether oxygens (including phenoxy) is 1. The lowest BCUT2D eigenvalue weighted by Crippen LogP contribution is -2.26. The molecule has 0 spiro atoms. The predicted octanol–water partition coefficient (Wildman–Crippen LogP) is 2.36. The van der Waals surface area contributed by atoms with Crippen LogP contribution in [0, 0.1) is 19.3 Å². The summed E-state index contributed by atoms with van der Waals surface area (Å²) in [4.78, 5) is 23.5. The van der Waals surface area contributed by atoms with Crippen LogP contribution in [0.4, 0.5) is 0 Å². The average Bonchev–Trinajstić information content (AvgIpc) is 3.12. The summed E-state index contributed by atoms with van der Waals surface area (Å²) in [6.45, 7) is 3.64. The van der Waals surface area contributed by atoms with Gasteiger partial charge in [0.05, 0.1) is 7.11 Å². The number of carboxylic acids is 1. The van der Waals surface area contributed by atoms with E-state index in [-0.39, 0.29) is 5.78 Å². The zero-order valence-corrected chi connectivity index (χ0v) is 10.7. The van der Waals surface area contributed by atoms with Crippen molar-refractivity contribution < 1.29 is 19.4 Å². The highest BCUT2D eigenvalue weighted by atomic mass is 16.5. The molecule has 0 saturated heterocycles. The van der Waals surface area contributed by atoms with Crippen LogP contribution in [-0.2, 0) is 4.79 Å². The number of ketones is 1. The minimum absolute atomic E-state index is 0.279. The van der Waals surface area contributed by atoms with Crippen molar-refractivity contribution in [3.8, 4) is 5.75 Å². The van der Waals surface area contributed by atoms with Gasteiger partial charge in [0.25, 0.3) is 0 Å². The van der Waals surface area contributed by atoms with Gasteiger partial charge in [0.1, 0.15) is 11.2 Å². The second-order valence-electron chi connectivity index (χ2n) is 4.85. The molecule has 0 radical (unpaired) electrons. The number of hydrogen-bond donors (Lipinski definition) is 1. The first-order valence-corrected chi connectivity index (χ1v) is 5.86. The highest BCUT2D eigenvalue weighted by Crippen LogP contribution is 2.49. The molecule has 0 unspecified atom stereocenters. The number of benzene rings is 1. The Kier molecular flexibility index (Phi) is 2.89. The Balaban J connectivity index is 2.44. The number of carbonyl (C=O) groups excluding carboxylic acids is 1. The van der Waals surface area contributed by atoms with Gasteiger partial charge in [0, 0.05) is 5.56 Å². The topological polar surface area (TPSA) is 63.6 Å². The highest BCUT2D eigenvalue weighted by Gasteiger charge is 2.57. The summed E-state index contributed by atoms with van der Waals surface area (Å²) in [6, 6.07) is 3.50. The second-order valence-corrected chi connectivity index (χ2v) is 4.85. The summed E-state index contributed by atoms with van der Waals surface area (Å²) in [6.07, 6.45) is 0.872. The van der Waals surface area contributed by atoms with Gasteiger partial charge < -0.3 is 9.84 Å². The Morgan fingerprint density at radius 3 is 2.28 bits per heavy atom. The van der Waals surface area contributed by atoms with E-state index in [0.717, 1.165) is 11.1 Å². The molecule has 1 aromatic rings. The monoisotopic (exact) mass is 248 g/mol. The first kappa shape index (κ1) is 12.6. The SMILES string of the molecule is COc1cc(C)c(C(=O)C2(C(=O)O)CC2)cc1C. The number of Topliss-reactive ketones (excluding diaryl/α,β-unsaturated/α-hetero) is 1. The van der Waals surface area contributed by atoms with Gasteiger partial charge in [0.15, 0.2) is 5.78 Å². The minimum Gasteiger partial charge on any atom is -0.496 e. The van der Waals surface area contributed by atoms with E-state index >= 15 is 0 Å². The molecule has 0 atom stereocenters. The number of aliphatic carboxylic acids is 1. The zero-order chi connectivity index (χ0) is 13.5. The number of aryl methyl sites for hydroxylation is 2. The van der Waals surface area contributed by atoms with Crippen molar-refractivity contribution in [2.24, 2.45) is 5.41 Å². The van der Waals surface area contributed by atoms with Crippen molar-refractivity contribution in [2.75, 3.05) is 7.11 Å². The molecule has 1 aliphatic rings. The normalized spacial score (nSPS) is 16.2. The van der Waals surface area contributed by atoms with Crippen LogP contribution in [-0.4, -0.2) is 24.0 Å². The van der Waals surface area contributed by atoms with Gasteiger partial charge in [-0.25, -0.2) is 0 Å². The van der Waals surface area contributed by atoms with E-state index in [4.69, 9.17) is 9.84 Å². The summed E-state index contributed by atoms with van der Waals surface area (Å²) < 4.78 is 5.18. The molecule has 4 nitrogen and oxygen atoms in total. The van der Waals surface area contributed by atoms with Crippen LogP contribution >= 0.6 is 0 Å². The van der Waals surface area contributed by atoms with Gasteiger partial charge in [-0.1, -0.05) is 0 Å². The Labute approximate surface area is 106 Å². The maximum Gasteiger partial charge on any atom is 0.317 e. The van der Waals surface area contributed by atoms with Crippen molar-refractivity contribution >= 4 is 11.8 Å². The molecule has 1 aromatic carbocycles. The third-order valence-corrected chi connectivity index (χ3v) is 3.58. The fraction of sp³-hybridized carbons (Fsp3) is 0.429. The van der Waals surface area contributed by atoms with Crippen LogP contribution in [0.2, 0.25) is 0 Å². The molecular formula is C14H16O4. The van der Waals surface area contributed by atoms with Gasteiger partial charge in [0.2, 0.25) is 0 Å². The molecule has 4 heteroatoms. The van der Waals surface area contributed by atoms with Crippen LogP contribution in [0.25, 0.3) is 0 Å². The van der Waals surface area contributed by atoms with Crippen molar-refractivity contribution in [1.82, 2.24) is 0 Å². The molecule has 1 saturated carbocycles. The number of rotatable bonds is 4. The number of hydrogen-bond acceptors (Lipinski definition) is 3. The first-order chi connectivity index (χ1) is 8.42. The van der Waals surface area contributed by atoms with Crippen molar-refractivity contribution in [2.45, 2.75) is 26.7 Å². The zero-order valence-electron chi connectivity index (χ0n) is 10.7. The third-order valence-electron chi connectivity index (χ3n) is 3.58. The smallest absolute Gasteiger partial charge is 0.317 e. The maximum atomic E-state index is 12.3. The Morgan fingerprint density at radius 1 is 1.22 bits per heavy atom.